The second kappa shape index (κ2) is 12.9. The van der Waals surface area contributed by atoms with Crippen LogP contribution in [0, 0.1) is 0 Å². The van der Waals surface area contributed by atoms with Gasteiger partial charge in [0.05, 0.1) is 27.6 Å². The lowest BCUT2D eigenvalue weighted by Crippen LogP contribution is -1.94. The summed E-state index contributed by atoms with van der Waals surface area (Å²) in [4.78, 5) is 1.29. The summed E-state index contributed by atoms with van der Waals surface area (Å²) in [5.74, 6) is 0. The first-order chi connectivity index (χ1) is 29.8. The Labute approximate surface area is 349 Å². The average Bonchev–Trinajstić information content (AvgIpc) is 4.05. The van der Waals surface area contributed by atoms with Crippen molar-refractivity contribution < 1.29 is 0 Å². The molecule has 60 heavy (non-hydrogen) atoms. The van der Waals surface area contributed by atoms with E-state index in [1.807, 2.05) is 11.3 Å². The van der Waals surface area contributed by atoms with E-state index >= 15 is 0 Å². The summed E-state index contributed by atoms with van der Waals surface area (Å²) >= 11 is 1.87. The molecule has 0 aliphatic carbocycles. The van der Waals surface area contributed by atoms with Gasteiger partial charge in [-0.15, -0.1) is 11.3 Å². The number of rotatable bonds is 5. The lowest BCUT2D eigenvalue weighted by atomic mass is 10.0. The molecule has 9 aromatic carbocycles. The standard InChI is InChI=1S/C56H35N3S/c1-3-13-40(14-4-1)57-49-20-10-7-17-43(49)46-33-38(26-30-51(46)57)39-27-31-52-47(34-39)44-18-8-11-21-50(44)58(52)42-28-23-36(24-29-42)37-25-32-53-48(35-37)55-45-19-9-12-22-54(45)60-56(55)59(53)41-15-5-2-6-16-41/h1-35H. The molecule has 0 aliphatic heterocycles. The molecular formula is C56H35N3S. The van der Waals surface area contributed by atoms with Gasteiger partial charge < -0.3 is 13.7 Å². The first-order valence-corrected chi connectivity index (χ1v) is 21.3. The van der Waals surface area contributed by atoms with Crippen molar-refractivity contribution >= 4 is 86.2 Å². The number of hydrogen-bond donors (Lipinski definition) is 0. The van der Waals surface area contributed by atoms with Gasteiger partial charge in [-0.2, -0.15) is 0 Å². The highest BCUT2D eigenvalue weighted by Gasteiger charge is 2.19. The number of fused-ring (bicyclic) bond motifs is 11. The fourth-order valence-electron chi connectivity index (χ4n) is 9.75. The molecule has 13 aromatic rings. The van der Waals surface area contributed by atoms with E-state index in [9.17, 15) is 0 Å². The maximum absolute atomic E-state index is 2.43. The van der Waals surface area contributed by atoms with Crippen molar-refractivity contribution in [3.63, 3.8) is 0 Å². The van der Waals surface area contributed by atoms with Crippen LogP contribution in [0.4, 0.5) is 0 Å². The number of thiophene rings is 1. The molecule has 0 saturated heterocycles. The van der Waals surface area contributed by atoms with Gasteiger partial charge in [-0.1, -0.05) is 121 Å². The molecule has 0 bridgehead atoms. The van der Waals surface area contributed by atoms with Gasteiger partial charge in [-0.3, -0.25) is 0 Å². The van der Waals surface area contributed by atoms with Gasteiger partial charge in [0.2, 0.25) is 0 Å². The van der Waals surface area contributed by atoms with E-state index in [1.165, 1.54) is 108 Å². The summed E-state index contributed by atoms with van der Waals surface area (Å²) in [6.45, 7) is 0. The first kappa shape index (κ1) is 33.3. The van der Waals surface area contributed by atoms with Crippen LogP contribution in [0.3, 0.4) is 0 Å². The summed E-state index contributed by atoms with van der Waals surface area (Å²) in [6.07, 6.45) is 0. The lowest BCUT2D eigenvalue weighted by Gasteiger charge is -2.11. The predicted molar refractivity (Wildman–Crippen MR) is 256 cm³/mol. The highest BCUT2D eigenvalue weighted by molar-refractivity contribution is 7.25. The van der Waals surface area contributed by atoms with E-state index in [0.717, 1.165) is 5.69 Å². The monoisotopic (exact) mass is 781 g/mol. The van der Waals surface area contributed by atoms with Crippen molar-refractivity contribution in [1.29, 1.82) is 0 Å². The van der Waals surface area contributed by atoms with Gasteiger partial charge in [-0.25, -0.2) is 0 Å². The number of benzene rings is 9. The minimum atomic E-state index is 1.15. The Morgan fingerprint density at radius 2 is 0.667 bits per heavy atom. The fraction of sp³-hybridized carbons (Fsp3) is 0. The zero-order valence-corrected chi connectivity index (χ0v) is 33.3. The highest BCUT2D eigenvalue weighted by Crippen LogP contribution is 2.44. The van der Waals surface area contributed by atoms with Crippen LogP contribution in [0.25, 0.3) is 114 Å². The molecule has 0 aliphatic rings. The second-order valence-corrected chi connectivity index (χ2v) is 16.8. The van der Waals surface area contributed by atoms with E-state index in [2.05, 4.69) is 226 Å². The molecule has 4 heterocycles. The van der Waals surface area contributed by atoms with Crippen molar-refractivity contribution in [2.75, 3.05) is 0 Å². The molecule has 4 heteroatoms. The number of hydrogen-bond acceptors (Lipinski definition) is 1. The van der Waals surface area contributed by atoms with E-state index in [0.29, 0.717) is 0 Å². The maximum atomic E-state index is 2.43. The van der Waals surface area contributed by atoms with Crippen molar-refractivity contribution in [2.24, 2.45) is 0 Å². The largest absolute Gasteiger partial charge is 0.309 e. The van der Waals surface area contributed by atoms with Crippen LogP contribution in [0.5, 0.6) is 0 Å². The fourth-order valence-corrected chi connectivity index (χ4v) is 11.0. The molecule has 0 atom stereocenters. The highest BCUT2D eigenvalue weighted by atomic mass is 32.1. The molecule has 280 valence electrons. The van der Waals surface area contributed by atoms with Crippen LogP contribution < -0.4 is 0 Å². The van der Waals surface area contributed by atoms with E-state index < -0.39 is 0 Å². The summed E-state index contributed by atoms with van der Waals surface area (Å²) in [6, 6.07) is 77.8. The first-order valence-electron chi connectivity index (χ1n) is 20.5. The molecule has 13 rings (SSSR count). The molecule has 0 amide bonds. The Morgan fingerprint density at radius 3 is 1.25 bits per heavy atom. The molecule has 4 aromatic heterocycles. The SMILES string of the molecule is c1ccc(-n2c3ccccc3c3cc(-c4ccc5c(c4)c4ccccc4n5-c4ccc(-c5ccc6c(c5)c5c7ccccc7sc5n6-c5ccccc5)cc4)ccc32)cc1. The summed E-state index contributed by atoms with van der Waals surface area (Å²) in [7, 11) is 0. The van der Waals surface area contributed by atoms with E-state index in [4.69, 9.17) is 0 Å². The smallest absolute Gasteiger partial charge is 0.109 e. The quantitative estimate of drug-likeness (QED) is 0.165. The molecule has 0 unspecified atom stereocenters. The lowest BCUT2D eigenvalue weighted by molar-refractivity contribution is 1.18. The summed E-state index contributed by atoms with van der Waals surface area (Å²) in [5, 5.41) is 8.95. The van der Waals surface area contributed by atoms with Crippen LogP contribution in [0.2, 0.25) is 0 Å². The topological polar surface area (TPSA) is 14.8 Å². The van der Waals surface area contributed by atoms with Crippen LogP contribution in [-0.4, -0.2) is 13.7 Å². The van der Waals surface area contributed by atoms with Gasteiger partial charge in [0.25, 0.3) is 0 Å². The Kier molecular flexibility index (Phi) is 7.18. The molecule has 0 radical (unpaired) electrons. The average molecular weight is 782 g/mol. The second-order valence-electron chi connectivity index (χ2n) is 15.7. The van der Waals surface area contributed by atoms with Gasteiger partial charge >= 0.3 is 0 Å². The molecule has 0 spiro atoms. The molecule has 3 nitrogen and oxygen atoms in total. The van der Waals surface area contributed by atoms with E-state index in [1.54, 1.807) is 0 Å². The minimum Gasteiger partial charge on any atom is -0.309 e. The van der Waals surface area contributed by atoms with Gasteiger partial charge in [0, 0.05) is 59.5 Å². The molecule has 0 saturated carbocycles. The maximum Gasteiger partial charge on any atom is 0.109 e. The van der Waals surface area contributed by atoms with Crippen molar-refractivity contribution in [3.8, 4) is 39.3 Å². The van der Waals surface area contributed by atoms with Gasteiger partial charge in [-0.05, 0) is 113 Å². The third-order valence-corrected chi connectivity index (χ3v) is 13.6. The Morgan fingerprint density at radius 1 is 0.267 bits per heavy atom. The van der Waals surface area contributed by atoms with E-state index in [-0.39, 0.29) is 0 Å². The van der Waals surface area contributed by atoms with Crippen LogP contribution in [-0.2, 0) is 0 Å². The van der Waals surface area contributed by atoms with Crippen LogP contribution >= 0.6 is 11.3 Å². The summed E-state index contributed by atoms with van der Waals surface area (Å²) in [5.41, 5.74) is 14.4. The normalized spacial score (nSPS) is 12.0. The van der Waals surface area contributed by atoms with Crippen LogP contribution in [0.1, 0.15) is 0 Å². The minimum absolute atomic E-state index is 1.15. The zero-order valence-electron chi connectivity index (χ0n) is 32.5. The van der Waals surface area contributed by atoms with Crippen LogP contribution in [0.15, 0.2) is 212 Å². The molecule has 0 N–H and O–H groups in total. The predicted octanol–water partition coefficient (Wildman–Crippen LogP) is 15.5. The third kappa shape index (κ3) is 4.89. The zero-order chi connectivity index (χ0) is 39.3. The third-order valence-electron chi connectivity index (χ3n) is 12.5. The van der Waals surface area contributed by atoms with Crippen molar-refractivity contribution in [3.05, 3.63) is 212 Å². The Bertz CT molecular complexity index is 3810. The molecular weight excluding hydrogens is 747 g/mol. The molecule has 0 fully saturated rings. The Balaban J connectivity index is 0.914. The summed E-state index contributed by atoms with van der Waals surface area (Å²) < 4.78 is 8.54. The number of aromatic nitrogens is 3. The van der Waals surface area contributed by atoms with Crippen molar-refractivity contribution in [1.82, 2.24) is 13.7 Å². The van der Waals surface area contributed by atoms with Gasteiger partial charge in [0.1, 0.15) is 4.83 Å². The number of para-hydroxylation sites is 4. The van der Waals surface area contributed by atoms with Crippen molar-refractivity contribution in [2.45, 2.75) is 0 Å². The Hall–Kier alpha value is -7.66. The van der Waals surface area contributed by atoms with Gasteiger partial charge in [0.15, 0.2) is 0 Å². The number of nitrogens with zero attached hydrogens (tertiary/aromatic N) is 3.